The van der Waals surface area contributed by atoms with Crippen LogP contribution in [0.3, 0.4) is 0 Å². The Morgan fingerprint density at radius 2 is 2.21 bits per heavy atom. The molecule has 2 aliphatic heterocycles. The van der Waals surface area contributed by atoms with E-state index in [2.05, 4.69) is 34.5 Å². The van der Waals surface area contributed by atoms with Crippen molar-refractivity contribution in [3.8, 4) is 0 Å². The fourth-order valence-corrected chi connectivity index (χ4v) is 2.66. The summed E-state index contributed by atoms with van der Waals surface area (Å²) in [5, 5.41) is 3.47. The van der Waals surface area contributed by atoms with Crippen molar-refractivity contribution < 1.29 is 0 Å². The largest absolute Gasteiger partial charge is 0.366 e. The van der Waals surface area contributed by atoms with Crippen molar-refractivity contribution in [2.45, 2.75) is 18.9 Å². The average molecular weight is 188 g/mol. The maximum absolute atomic E-state index is 3.47. The molecule has 3 rings (SSSR count). The van der Waals surface area contributed by atoms with Crippen molar-refractivity contribution in [3.05, 3.63) is 29.8 Å². The van der Waals surface area contributed by atoms with Gasteiger partial charge in [-0.15, -0.1) is 0 Å². The van der Waals surface area contributed by atoms with E-state index in [0.717, 1.165) is 19.1 Å². The summed E-state index contributed by atoms with van der Waals surface area (Å²) in [5.41, 5.74) is 3.01. The first-order valence-corrected chi connectivity index (χ1v) is 5.50. The molecule has 1 N–H and O–H groups in total. The molecular weight excluding hydrogens is 172 g/mol. The number of rotatable bonds is 0. The highest BCUT2D eigenvalue weighted by atomic mass is 15.2. The number of hydrogen-bond donors (Lipinski definition) is 1. The van der Waals surface area contributed by atoms with Crippen LogP contribution in [0.5, 0.6) is 0 Å². The minimum Gasteiger partial charge on any atom is -0.366 e. The number of anilines is 1. The Labute approximate surface area is 84.9 Å². The van der Waals surface area contributed by atoms with E-state index in [9.17, 15) is 0 Å². The summed E-state index contributed by atoms with van der Waals surface area (Å²) in [5.74, 6) is 0. The van der Waals surface area contributed by atoms with Crippen LogP contribution in [0.4, 0.5) is 5.69 Å². The number of hydrogen-bond acceptors (Lipinski definition) is 2. The van der Waals surface area contributed by atoms with E-state index in [1.165, 1.54) is 30.6 Å². The lowest BCUT2D eigenvalue weighted by atomic mass is 9.94. The molecule has 1 unspecified atom stereocenters. The minimum absolute atomic E-state index is 0.735. The predicted octanol–water partition coefficient (Wildman–Crippen LogP) is 1.41. The molecule has 0 aromatic heterocycles. The number of piperazine rings is 1. The molecular formula is C12H16N2. The van der Waals surface area contributed by atoms with Crippen LogP contribution in [0.15, 0.2) is 24.3 Å². The fraction of sp³-hybridized carbons (Fsp3) is 0.500. The van der Waals surface area contributed by atoms with Crippen LogP contribution in [0, 0.1) is 0 Å². The van der Waals surface area contributed by atoms with Crippen LogP contribution in [0.25, 0.3) is 0 Å². The van der Waals surface area contributed by atoms with Crippen LogP contribution in [-0.4, -0.2) is 25.7 Å². The molecule has 0 spiro atoms. The van der Waals surface area contributed by atoms with E-state index in [4.69, 9.17) is 0 Å². The molecule has 74 valence electrons. The zero-order valence-corrected chi connectivity index (χ0v) is 8.37. The third kappa shape index (κ3) is 1.22. The van der Waals surface area contributed by atoms with Gasteiger partial charge in [-0.2, -0.15) is 0 Å². The van der Waals surface area contributed by atoms with E-state index >= 15 is 0 Å². The van der Waals surface area contributed by atoms with Crippen LogP contribution < -0.4 is 10.2 Å². The maximum atomic E-state index is 3.47. The average Bonchev–Trinajstić information content (AvgIpc) is 2.29. The molecule has 2 heteroatoms. The Morgan fingerprint density at radius 3 is 3.21 bits per heavy atom. The summed E-state index contributed by atoms with van der Waals surface area (Å²) < 4.78 is 0. The predicted molar refractivity (Wildman–Crippen MR) is 58.8 cm³/mol. The van der Waals surface area contributed by atoms with Gasteiger partial charge >= 0.3 is 0 Å². The highest BCUT2D eigenvalue weighted by molar-refractivity contribution is 5.56. The van der Waals surface area contributed by atoms with Crippen molar-refractivity contribution in [1.82, 2.24) is 5.32 Å². The first-order valence-electron chi connectivity index (χ1n) is 5.50. The third-order valence-corrected chi connectivity index (χ3v) is 3.40. The van der Waals surface area contributed by atoms with Crippen molar-refractivity contribution >= 4 is 5.69 Å². The fourth-order valence-electron chi connectivity index (χ4n) is 2.66. The molecule has 2 nitrogen and oxygen atoms in total. The summed E-state index contributed by atoms with van der Waals surface area (Å²) >= 11 is 0. The molecule has 1 saturated heterocycles. The highest BCUT2D eigenvalue weighted by Gasteiger charge is 2.27. The smallest absolute Gasteiger partial charge is 0.0418 e. The number of benzene rings is 1. The van der Waals surface area contributed by atoms with Gasteiger partial charge in [-0.1, -0.05) is 18.2 Å². The molecule has 1 aromatic carbocycles. The molecule has 0 amide bonds. The minimum atomic E-state index is 0.735. The summed E-state index contributed by atoms with van der Waals surface area (Å²) in [6.07, 6.45) is 2.56. The van der Waals surface area contributed by atoms with Crippen molar-refractivity contribution in [2.75, 3.05) is 24.5 Å². The molecule has 0 bridgehead atoms. The maximum Gasteiger partial charge on any atom is 0.0418 e. The number of nitrogens with one attached hydrogen (secondary N) is 1. The Bertz CT molecular complexity index is 335. The molecule has 0 aliphatic carbocycles. The van der Waals surface area contributed by atoms with Gasteiger partial charge in [0.05, 0.1) is 0 Å². The zero-order chi connectivity index (χ0) is 9.38. The second kappa shape index (κ2) is 3.28. The molecule has 14 heavy (non-hydrogen) atoms. The van der Waals surface area contributed by atoms with E-state index in [-0.39, 0.29) is 0 Å². The standard InChI is InChI=1S/C12H16N2/c1-2-4-12-10(3-1)5-6-11-9-13-7-8-14(11)12/h1-4,11,13H,5-9H2. The van der Waals surface area contributed by atoms with Crippen LogP contribution in [0.1, 0.15) is 12.0 Å². The monoisotopic (exact) mass is 188 g/mol. The van der Waals surface area contributed by atoms with Gasteiger partial charge in [0.1, 0.15) is 0 Å². The number of para-hydroxylation sites is 1. The van der Waals surface area contributed by atoms with Gasteiger partial charge in [0.2, 0.25) is 0 Å². The van der Waals surface area contributed by atoms with Gasteiger partial charge in [0.15, 0.2) is 0 Å². The van der Waals surface area contributed by atoms with Crippen molar-refractivity contribution in [2.24, 2.45) is 0 Å². The first kappa shape index (κ1) is 8.30. The molecule has 0 radical (unpaired) electrons. The summed E-state index contributed by atoms with van der Waals surface area (Å²) in [4.78, 5) is 2.58. The van der Waals surface area contributed by atoms with Crippen LogP contribution in [0.2, 0.25) is 0 Å². The van der Waals surface area contributed by atoms with Gasteiger partial charge in [0.25, 0.3) is 0 Å². The molecule has 0 saturated carbocycles. The normalized spacial score (nSPS) is 25.4. The third-order valence-electron chi connectivity index (χ3n) is 3.40. The molecule has 1 aromatic rings. The van der Waals surface area contributed by atoms with Gasteiger partial charge in [-0.05, 0) is 24.5 Å². The van der Waals surface area contributed by atoms with E-state index in [1.807, 2.05) is 0 Å². The molecule has 1 fully saturated rings. The number of nitrogens with zero attached hydrogens (tertiary/aromatic N) is 1. The quantitative estimate of drug-likeness (QED) is 0.662. The number of aryl methyl sites for hydroxylation is 1. The molecule has 2 heterocycles. The van der Waals surface area contributed by atoms with Gasteiger partial charge in [-0.25, -0.2) is 0 Å². The lowest BCUT2D eigenvalue weighted by Gasteiger charge is -2.42. The Hall–Kier alpha value is -1.02. The van der Waals surface area contributed by atoms with Crippen molar-refractivity contribution in [1.29, 1.82) is 0 Å². The molecule has 1 atom stereocenters. The van der Waals surface area contributed by atoms with E-state index < -0.39 is 0 Å². The van der Waals surface area contributed by atoms with E-state index in [0.29, 0.717) is 0 Å². The van der Waals surface area contributed by atoms with Gasteiger partial charge in [0, 0.05) is 31.4 Å². The van der Waals surface area contributed by atoms with Gasteiger partial charge in [-0.3, -0.25) is 0 Å². The van der Waals surface area contributed by atoms with Crippen LogP contribution >= 0.6 is 0 Å². The summed E-state index contributed by atoms with van der Waals surface area (Å²) in [6, 6.07) is 9.59. The van der Waals surface area contributed by atoms with E-state index in [1.54, 1.807) is 0 Å². The van der Waals surface area contributed by atoms with Crippen molar-refractivity contribution in [3.63, 3.8) is 0 Å². The second-order valence-electron chi connectivity index (χ2n) is 4.22. The second-order valence-corrected chi connectivity index (χ2v) is 4.22. The lowest BCUT2D eigenvalue weighted by molar-refractivity contribution is 0.440. The first-order chi connectivity index (χ1) is 6.95. The topological polar surface area (TPSA) is 15.3 Å². The summed E-state index contributed by atoms with van der Waals surface area (Å²) in [6.45, 7) is 3.46. The SMILES string of the molecule is c1ccc2c(c1)CCC1CNCCN21. The zero-order valence-electron chi connectivity index (χ0n) is 8.37. The Balaban J connectivity index is 1.99. The highest BCUT2D eigenvalue weighted by Crippen LogP contribution is 2.30. The lowest BCUT2D eigenvalue weighted by Crippen LogP contribution is -2.53. The van der Waals surface area contributed by atoms with Crippen LogP contribution in [-0.2, 0) is 6.42 Å². The summed E-state index contributed by atoms with van der Waals surface area (Å²) in [7, 11) is 0. The van der Waals surface area contributed by atoms with Gasteiger partial charge < -0.3 is 10.2 Å². The number of fused-ring (bicyclic) bond motifs is 3. The Morgan fingerprint density at radius 1 is 1.29 bits per heavy atom. The molecule has 2 aliphatic rings. The Kier molecular flexibility index (Phi) is 1.95.